The van der Waals surface area contributed by atoms with Gasteiger partial charge in [0.2, 0.25) is 5.95 Å². The topological polar surface area (TPSA) is 75.1 Å². The zero-order valence-electron chi connectivity index (χ0n) is 17.0. The first-order chi connectivity index (χ1) is 14.5. The fourth-order valence-electron chi connectivity index (χ4n) is 3.70. The van der Waals surface area contributed by atoms with E-state index in [0.29, 0.717) is 35.0 Å². The predicted molar refractivity (Wildman–Crippen MR) is 119 cm³/mol. The Morgan fingerprint density at radius 2 is 2.07 bits per heavy atom. The van der Waals surface area contributed by atoms with Crippen LogP contribution in [0.25, 0.3) is 11.0 Å². The second-order valence-electron chi connectivity index (χ2n) is 7.35. The second kappa shape index (κ2) is 8.57. The van der Waals surface area contributed by atoms with Gasteiger partial charge in [0.1, 0.15) is 5.65 Å². The fourth-order valence-corrected chi connectivity index (χ4v) is 4.00. The molecule has 1 saturated heterocycles. The van der Waals surface area contributed by atoms with E-state index in [4.69, 9.17) is 11.6 Å². The van der Waals surface area contributed by atoms with Gasteiger partial charge >= 0.3 is 0 Å². The Bertz CT molecular complexity index is 1140. The molecule has 3 heterocycles. The molecule has 1 aliphatic rings. The molecule has 7 nitrogen and oxygen atoms in total. The van der Waals surface area contributed by atoms with Crippen LogP contribution in [0.1, 0.15) is 18.9 Å². The highest BCUT2D eigenvalue weighted by molar-refractivity contribution is 6.33. The number of nitrogens with one attached hydrogen (secondary N) is 2. The van der Waals surface area contributed by atoms with Crippen LogP contribution in [0.5, 0.6) is 0 Å². The summed E-state index contributed by atoms with van der Waals surface area (Å²) in [5.41, 5.74) is 1.75. The Morgan fingerprint density at radius 1 is 1.30 bits per heavy atom. The molecule has 0 bridgehead atoms. The number of hydrogen-bond donors (Lipinski definition) is 2. The molecule has 4 rings (SSSR count). The van der Waals surface area contributed by atoms with Gasteiger partial charge in [-0.15, -0.1) is 0 Å². The number of anilines is 3. The van der Waals surface area contributed by atoms with Crippen LogP contribution >= 0.6 is 11.6 Å². The summed E-state index contributed by atoms with van der Waals surface area (Å²) in [7, 11) is 0. The number of hydrogen-bond acceptors (Lipinski definition) is 6. The lowest BCUT2D eigenvalue weighted by Crippen LogP contribution is -2.43. The quantitative estimate of drug-likeness (QED) is 0.645. The molecule has 2 N–H and O–H groups in total. The third-order valence-electron chi connectivity index (χ3n) is 5.30. The molecule has 0 aliphatic carbocycles. The number of rotatable bonds is 5. The Balaban J connectivity index is 1.67. The normalized spacial score (nSPS) is 14.3. The van der Waals surface area contributed by atoms with E-state index >= 15 is 0 Å². The zero-order chi connectivity index (χ0) is 21.3. The van der Waals surface area contributed by atoms with Crippen molar-refractivity contribution in [3.8, 4) is 0 Å². The summed E-state index contributed by atoms with van der Waals surface area (Å²) in [6.07, 6.45) is 2.23. The number of pyridine rings is 1. The summed E-state index contributed by atoms with van der Waals surface area (Å²) in [6, 6.07) is 5.73. The molecule has 0 unspecified atom stereocenters. The van der Waals surface area contributed by atoms with Crippen molar-refractivity contribution in [1.29, 1.82) is 0 Å². The maximum absolute atomic E-state index is 14.3. The number of fused-ring (bicyclic) bond motifs is 1. The van der Waals surface area contributed by atoms with Crippen molar-refractivity contribution in [2.45, 2.75) is 26.8 Å². The maximum atomic E-state index is 14.3. The Hall–Kier alpha value is -2.71. The summed E-state index contributed by atoms with van der Waals surface area (Å²) in [6.45, 7) is 7.56. The lowest BCUT2D eigenvalue weighted by molar-refractivity contribution is 0.564. The molecular weight excluding hydrogens is 407 g/mol. The van der Waals surface area contributed by atoms with Crippen LogP contribution in [0, 0.1) is 12.7 Å². The van der Waals surface area contributed by atoms with Gasteiger partial charge in [0.25, 0.3) is 5.56 Å². The van der Waals surface area contributed by atoms with E-state index < -0.39 is 11.4 Å². The predicted octanol–water partition coefficient (Wildman–Crippen LogP) is 3.46. The van der Waals surface area contributed by atoms with Gasteiger partial charge in [-0.3, -0.25) is 9.36 Å². The molecule has 9 heteroatoms. The summed E-state index contributed by atoms with van der Waals surface area (Å²) in [5.74, 6) is -0.431. The van der Waals surface area contributed by atoms with Crippen LogP contribution in [-0.4, -0.2) is 40.7 Å². The van der Waals surface area contributed by atoms with Crippen LogP contribution in [-0.2, 0) is 6.54 Å². The van der Waals surface area contributed by atoms with Gasteiger partial charge in [0.15, 0.2) is 5.82 Å². The Labute approximate surface area is 178 Å². The minimum absolute atomic E-state index is 0.261. The van der Waals surface area contributed by atoms with Gasteiger partial charge < -0.3 is 15.5 Å². The van der Waals surface area contributed by atoms with Crippen LogP contribution in [0.3, 0.4) is 0 Å². The number of piperazine rings is 1. The molecule has 0 atom stereocenters. The molecule has 2 aromatic heterocycles. The molecular formula is C21H24ClFN6O. The minimum Gasteiger partial charge on any atom is -0.368 e. The number of aromatic nitrogens is 3. The average molecular weight is 431 g/mol. The van der Waals surface area contributed by atoms with Crippen LogP contribution in [0.15, 0.2) is 29.2 Å². The highest BCUT2D eigenvalue weighted by Crippen LogP contribution is 2.30. The summed E-state index contributed by atoms with van der Waals surface area (Å²) in [5, 5.41) is 7.64. The van der Waals surface area contributed by atoms with E-state index in [0.717, 1.165) is 37.6 Å². The van der Waals surface area contributed by atoms with Gasteiger partial charge in [-0.05, 0) is 31.5 Å². The first-order valence-corrected chi connectivity index (χ1v) is 10.4. The first-order valence-electron chi connectivity index (χ1n) is 10.1. The van der Waals surface area contributed by atoms with Crippen molar-refractivity contribution in [3.63, 3.8) is 0 Å². The SMILES string of the molecule is CCCn1c(=O)c(F)c(C)c2cnc(Nc3ccc(N4CCNCC4)c(Cl)c3)nc21. The lowest BCUT2D eigenvalue weighted by Gasteiger charge is -2.30. The standard InChI is InChI=1S/C21H24ClFN6O/c1-3-8-29-19-15(13(2)18(23)20(29)30)12-25-21(27-19)26-14-4-5-17(16(22)11-14)28-9-6-24-7-10-28/h4-5,11-12,24H,3,6-10H2,1-2H3,(H,25,26,27). The van der Waals surface area contributed by atoms with Gasteiger partial charge in [-0.2, -0.15) is 4.98 Å². The Kier molecular flexibility index (Phi) is 5.87. The summed E-state index contributed by atoms with van der Waals surface area (Å²) in [4.78, 5) is 23.4. The highest BCUT2D eigenvalue weighted by Gasteiger charge is 2.17. The summed E-state index contributed by atoms with van der Waals surface area (Å²) >= 11 is 6.52. The van der Waals surface area contributed by atoms with E-state index in [-0.39, 0.29) is 5.56 Å². The molecule has 1 fully saturated rings. The van der Waals surface area contributed by atoms with Crippen molar-refractivity contribution in [2.24, 2.45) is 0 Å². The molecule has 30 heavy (non-hydrogen) atoms. The molecule has 3 aromatic rings. The van der Waals surface area contributed by atoms with Crippen LogP contribution in [0.4, 0.5) is 21.7 Å². The fraction of sp³-hybridized carbons (Fsp3) is 0.381. The van der Waals surface area contributed by atoms with Crippen LogP contribution in [0.2, 0.25) is 5.02 Å². The smallest absolute Gasteiger partial charge is 0.288 e. The molecule has 1 aromatic carbocycles. The van der Waals surface area contributed by atoms with Crippen LogP contribution < -0.4 is 21.1 Å². The van der Waals surface area contributed by atoms with Crippen molar-refractivity contribution in [1.82, 2.24) is 19.9 Å². The van der Waals surface area contributed by atoms with Gasteiger partial charge in [-0.1, -0.05) is 18.5 Å². The van der Waals surface area contributed by atoms with E-state index in [1.54, 1.807) is 13.1 Å². The zero-order valence-corrected chi connectivity index (χ0v) is 17.8. The van der Waals surface area contributed by atoms with Gasteiger partial charge in [0, 0.05) is 55.6 Å². The third-order valence-corrected chi connectivity index (χ3v) is 5.60. The van der Waals surface area contributed by atoms with E-state index in [1.807, 2.05) is 25.1 Å². The van der Waals surface area contributed by atoms with E-state index in [1.165, 1.54) is 4.57 Å². The largest absolute Gasteiger partial charge is 0.368 e. The molecule has 0 spiro atoms. The third kappa shape index (κ3) is 3.85. The van der Waals surface area contributed by atoms with Crippen molar-refractivity contribution in [3.05, 3.63) is 51.2 Å². The van der Waals surface area contributed by atoms with Gasteiger partial charge in [0.05, 0.1) is 10.7 Å². The molecule has 1 aliphatic heterocycles. The molecule has 0 radical (unpaired) electrons. The van der Waals surface area contributed by atoms with Crippen molar-refractivity contribution >= 4 is 40.0 Å². The van der Waals surface area contributed by atoms with Crippen molar-refractivity contribution < 1.29 is 4.39 Å². The first kappa shape index (κ1) is 20.6. The number of halogens is 2. The molecule has 158 valence electrons. The maximum Gasteiger partial charge on any atom is 0.288 e. The number of aryl methyl sites for hydroxylation is 2. The van der Waals surface area contributed by atoms with Crippen molar-refractivity contribution in [2.75, 3.05) is 36.4 Å². The molecule has 0 amide bonds. The monoisotopic (exact) mass is 430 g/mol. The van der Waals surface area contributed by atoms with E-state index in [2.05, 4.69) is 25.5 Å². The molecule has 0 saturated carbocycles. The highest BCUT2D eigenvalue weighted by atomic mass is 35.5. The summed E-state index contributed by atoms with van der Waals surface area (Å²) < 4.78 is 15.7. The number of nitrogens with zero attached hydrogens (tertiary/aromatic N) is 4. The Morgan fingerprint density at radius 3 is 2.77 bits per heavy atom. The second-order valence-corrected chi connectivity index (χ2v) is 7.76. The minimum atomic E-state index is -0.754. The lowest BCUT2D eigenvalue weighted by atomic mass is 10.2. The van der Waals surface area contributed by atoms with Gasteiger partial charge in [-0.25, -0.2) is 9.37 Å². The number of benzene rings is 1. The average Bonchev–Trinajstić information content (AvgIpc) is 2.76. The van der Waals surface area contributed by atoms with E-state index in [9.17, 15) is 9.18 Å².